The van der Waals surface area contributed by atoms with Crippen LogP contribution in [0.1, 0.15) is 26.3 Å². The molecule has 0 saturated carbocycles. The maximum atomic E-state index is 13.0. The lowest BCUT2D eigenvalue weighted by atomic mass is 10.1. The van der Waals surface area contributed by atoms with Gasteiger partial charge in [-0.05, 0) is 32.4 Å². The van der Waals surface area contributed by atoms with Gasteiger partial charge in [-0.3, -0.25) is 9.59 Å². The minimum atomic E-state index is -3.28. The summed E-state index contributed by atoms with van der Waals surface area (Å²) in [5.41, 5.74) is 0.598. The third-order valence-corrected chi connectivity index (χ3v) is 5.64. The van der Waals surface area contributed by atoms with Gasteiger partial charge in [0.15, 0.2) is 22.9 Å². The van der Waals surface area contributed by atoms with Crippen molar-refractivity contribution < 1.29 is 22.9 Å². The fourth-order valence-corrected chi connectivity index (χ4v) is 4.38. The van der Waals surface area contributed by atoms with Crippen molar-refractivity contribution in [3.05, 3.63) is 47.4 Å². The fourth-order valence-electron chi connectivity index (χ4n) is 3.08. The highest BCUT2D eigenvalue weighted by Gasteiger charge is 2.32. The molecule has 7 nitrogen and oxygen atoms in total. The quantitative estimate of drug-likeness (QED) is 0.652. The Morgan fingerprint density at radius 3 is 2.36 bits per heavy atom. The maximum Gasteiger partial charge on any atom is 0.278 e. The number of carbonyl (C=O) groups excluding carboxylic acids is 2. The molecule has 2 rings (SSSR count). The Hall–Kier alpha value is -2.19. The van der Waals surface area contributed by atoms with Gasteiger partial charge in [0.05, 0.1) is 18.8 Å². The van der Waals surface area contributed by atoms with Crippen LogP contribution < -0.4 is 10.2 Å². The second-order valence-corrected chi connectivity index (χ2v) is 10.3. The summed E-state index contributed by atoms with van der Waals surface area (Å²) in [6.07, 6.45) is 1.57. The molecule has 28 heavy (non-hydrogen) atoms. The van der Waals surface area contributed by atoms with Crippen LogP contribution in [-0.4, -0.2) is 62.6 Å². The van der Waals surface area contributed by atoms with Gasteiger partial charge in [0.1, 0.15) is 0 Å². The molecule has 2 N–H and O–H groups in total. The highest BCUT2D eigenvalue weighted by Crippen LogP contribution is 2.17. The smallest absolute Gasteiger partial charge is 0.278 e. The van der Waals surface area contributed by atoms with Gasteiger partial charge in [-0.25, -0.2) is 8.42 Å². The monoisotopic (exact) mass is 408 g/mol. The van der Waals surface area contributed by atoms with Gasteiger partial charge in [0.25, 0.3) is 11.8 Å². The minimum Gasteiger partial charge on any atom is -0.347 e. The predicted octanol–water partition coefficient (Wildman–Crippen LogP) is -0.245. The van der Waals surface area contributed by atoms with Crippen LogP contribution in [0.2, 0.25) is 0 Å². The zero-order chi connectivity index (χ0) is 20.9. The van der Waals surface area contributed by atoms with Crippen LogP contribution in [0.5, 0.6) is 0 Å². The number of rotatable bonds is 7. The summed E-state index contributed by atoms with van der Waals surface area (Å²) in [4.78, 5) is 27.4. The van der Waals surface area contributed by atoms with Crippen molar-refractivity contribution in [1.29, 1.82) is 0 Å². The zero-order valence-electron chi connectivity index (χ0n) is 16.9. The molecule has 1 aliphatic rings. The molecule has 154 valence electrons. The second-order valence-electron chi connectivity index (χ2n) is 8.34. The molecule has 0 aliphatic carbocycles. The van der Waals surface area contributed by atoms with Gasteiger partial charge in [0.2, 0.25) is 0 Å². The van der Waals surface area contributed by atoms with Gasteiger partial charge in [0, 0.05) is 17.5 Å². The highest BCUT2D eigenvalue weighted by atomic mass is 32.2. The van der Waals surface area contributed by atoms with Gasteiger partial charge in [-0.1, -0.05) is 30.3 Å². The van der Waals surface area contributed by atoms with E-state index in [0.717, 1.165) is 10.5 Å². The average Bonchev–Trinajstić information content (AvgIpc) is 2.91. The molecule has 0 spiro atoms. The predicted molar refractivity (Wildman–Crippen MR) is 108 cm³/mol. The number of carbonyl (C=O) groups is 2. The van der Waals surface area contributed by atoms with Crippen molar-refractivity contribution in [3.8, 4) is 0 Å². The van der Waals surface area contributed by atoms with Crippen molar-refractivity contribution in [2.24, 2.45) is 0 Å². The highest BCUT2D eigenvalue weighted by molar-refractivity contribution is 7.94. The average molecular weight is 409 g/mol. The summed E-state index contributed by atoms with van der Waals surface area (Å²) >= 11 is 0. The van der Waals surface area contributed by atoms with E-state index < -0.39 is 15.9 Å². The van der Waals surface area contributed by atoms with Crippen LogP contribution in [0.4, 0.5) is 0 Å². The van der Waals surface area contributed by atoms with Crippen molar-refractivity contribution in [1.82, 2.24) is 10.2 Å². The molecule has 0 radical (unpaired) electrons. The largest absolute Gasteiger partial charge is 0.347 e. The Morgan fingerprint density at radius 2 is 1.82 bits per heavy atom. The zero-order valence-corrected chi connectivity index (χ0v) is 17.8. The second kappa shape index (κ2) is 8.87. The lowest BCUT2D eigenvalue weighted by Crippen LogP contribution is -3.11. The van der Waals surface area contributed by atoms with Gasteiger partial charge in [-0.2, -0.15) is 0 Å². The maximum absolute atomic E-state index is 13.0. The first kappa shape index (κ1) is 22.1. The molecule has 0 aromatic heterocycles. The Morgan fingerprint density at radius 1 is 1.18 bits per heavy atom. The van der Waals surface area contributed by atoms with Crippen molar-refractivity contribution in [2.75, 3.05) is 25.9 Å². The molecule has 1 aromatic carbocycles. The third kappa shape index (κ3) is 7.09. The molecule has 0 bridgehead atoms. The van der Waals surface area contributed by atoms with Crippen molar-refractivity contribution >= 4 is 21.7 Å². The topological polar surface area (TPSA) is 88.0 Å². The lowest BCUT2D eigenvalue weighted by Gasteiger charge is -2.28. The van der Waals surface area contributed by atoms with E-state index in [1.54, 1.807) is 18.0 Å². The molecule has 0 saturated heterocycles. The van der Waals surface area contributed by atoms with E-state index in [2.05, 4.69) is 5.32 Å². The van der Waals surface area contributed by atoms with Crippen LogP contribution in [0.15, 0.2) is 41.8 Å². The number of hydrogen-bond donors (Lipinski definition) is 2. The van der Waals surface area contributed by atoms with Crippen LogP contribution in [0.25, 0.3) is 0 Å². The molecule has 1 heterocycles. The number of amides is 2. The Labute approximate surface area is 167 Å². The van der Waals surface area contributed by atoms with E-state index >= 15 is 0 Å². The van der Waals surface area contributed by atoms with Crippen LogP contribution in [0, 0.1) is 0 Å². The van der Waals surface area contributed by atoms with Crippen LogP contribution >= 0.6 is 0 Å². The molecule has 0 fully saturated rings. The molecule has 1 aliphatic heterocycles. The van der Waals surface area contributed by atoms with Gasteiger partial charge >= 0.3 is 0 Å². The first-order chi connectivity index (χ1) is 13.0. The molecular formula is C20H30N3O4S+. The molecular weight excluding hydrogens is 378 g/mol. The summed E-state index contributed by atoms with van der Waals surface area (Å²) < 4.78 is 23.7. The van der Waals surface area contributed by atoms with E-state index in [9.17, 15) is 18.0 Å². The van der Waals surface area contributed by atoms with Gasteiger partial charge in [-0.15, -0.1) is 0 Å². The molecule has 1 unspecified atom stereocenters. The van der Waals surface area contributed by atoms with Crippen LogP contribution in [0.3, 0.4) is 0 Å². The number of likely N-dealkylation sites (N-methyl/N-ethyl adjacent to an activating group) is 1. The Balaban J connectivity index is 2.06. The fraction of sp³-hybridized carbons (Fsp3) is 0.500. The van der Waals surface area contributed by atoms with E-state index in [1.165, 1.54) is 5.41 Å². The molecule has 2 amide bonds. The van der Waals surface area contributed by atoms with Crippen molar-refractivity contribution in [2.45, 2.75) is 38.9 Å². The third-order valence-electron chi connectivity index (χ3n) is 4.26. The number of sulfone groups is 1. The number of hydrogen-bond acceptors (Lipinski definition) is 4. The van der Waals surface area contributed by atoms with Crippen LogP contribution in [-0.2, 0) is 26.0 Å². The number of nitrogens with zero attached hydrogens (tertiary/aromatic N) is 1. The molecule has 8 heteroatoms. The van der Waals surface area contributed by atoms with E-state index in [0.29, 0.717) is 6.54 Å². The van der Waals surface area contributed by atoms with Gasteiger partial charge < -0.3 is 15.1 Å². The minimum absolute atomic E-state index is 0.102. The first-order valence-electron chi connectivity index (χ1n) is 9.32. The standard InChI is InChI=1S/C20H29N3O4S/c1-20(2,3)21-18(24)13-22(4)14-19(25)23(12-16-8-6-5-7-9-16)17-10-11-28(26,27)15-17/h5-11,17H,12-15H2,1-4H3,(H,21,24)/p+1/t17-/m0/s1. The summed E-state index contributed by atoms with van der Waals surface area (Å²) in [6, 6.07) is 8.97. The van der Waals surface area contributed by atoms with E-state index in [-0.39, 0.29) is 36.2 Å². The Kier molecular flexibility index (Phi) is 7.01. The summed E-state index contributed by atoms with van der Waals surface area (Å²) in [5, 5.41) is 4.06. The number of benzene rings is 1. The van der Waals surface area contributed by atoms with E-state index in [1.807, 2.05) is 51.1 Å². The first-order valence-corrected chi connectivity index (χ1v) is 11.0. The normalized spacial score (nSPS) is 19.2. The summed E-state index contributed by atoms with van der Waals surface area (Å²) in [5.74, 6) is -0.415. The summed E-state index contributed by atoms with van der Waals surface area (Å²) in [6.45, 7) is 6.31. The van der Waals surface area contributed by atoms with Crippen molar-refractivity contribution in [3.63, 3.8) is 0 Å². The lowest BCUT2D eigenvalue weighted by molar-refractivity contribution is -0.863. The number of nitrogens with one attached hydrogen (secondary N) is 2. The molecule has 1 aromatic rings. The summed E-state index contributed by atoms with van der Waals surface area (Å²) in [7, 11) is -1.50. The van der Waals surface area contributed by atoms with E-state index in [4.69, 9.17) is 0 Å². The molecule has 2 atom stereocenters. The number of quaternary nitrogens is 1. The SMILES string of the molecule is C[NH+](CC(=O)NC(C)(C)C)CC(=O)N(Cc1ccccc1)[C@H]1C=CS(=O)(=O)C1. The Bertz CT molecular complexity index is 829.